The maximum atomic E-state index is 12.9. The lowest BCUT2D eigenvalue weighted by atomic mass is 10.0. The summed E-state index contributed by atoms with van der Waals surface area (Å²) >= 11 is 0. The Kier molecular flexibility index (Phi) is 5.71. The van der Waals surface area contributed by atoms with Gasteiger partial charge in [0.1, 0.15) is 11.5 Å². The molecule has 0 aliphatic rings. The number of hydrogen-bond donors (Lipinski definition) is 2. The smallest absolute Gasteiger partial charge is 0.270 e. The summed E-state index contributed by atoms with van der Waals surface area (Å²) in [4.78, 5) is 16.8. The number of benzene rings is 2. The molecular weight excluding hydrogens is 329 g/mol. The summed E-state index contributed by atoms with van der Waals surface area (Å²) in [5, 5.41) is 2.88. The number of rotatable bonds is 6. The molecule has 1 aromatic heterocycles. The molecule has 132 valence electrons. The van der Waals surface area contributed by atoms with Gasteiger partial charge in [0.2, 0.25) is 0 Å². The SMILES string of the molecule is NCc1cccc(-c2cccnc2C(=O)NCCc2ccc(F)cc2)c1. The normalized spacial score (nSPS) is 10.5. The molecule has 3 rings (SSSR count). The van der Waals surface area contributed by atoms with Crippen molar-refractivity contribution in [3.8, 4) is 11.1 Å². The van der Waals surface area contributed by atoms with Crippen LogP contribution in [0.4, 0.5) is 4.39 Å². The largest absolute Gasteiger partial charge is 0.350 e. The van der Waals surface area contributed by atoms with E-state index in [1.165, 1.54) is 12.1 Å². The molecular formula is C21H20FN3O. The van der Waals surface area contributed by atoms with Crippen LogP contribution in [0, 0.1) is 5.82 Å². The van der Waals surface area contributed by atoms with Crippen LogP contribution in [0.2, 0.25) is 0 Å². The summed E-state index contributed by atoms with van der Waals surface area (Å²) in [7, 11) is 0. The minimum Gasteiger partial charge on any atom is -0.350 e. The Balaban J connectivity index is 1.72. The van der Waals surface area contributed by atoms with Crippen molar-refractivity contribution < 1.29 is 9.18 Å². The fraction of sp³-hybridized carbons (Fsp3) is 0.143. The molecule has 0 atom stereocenters. The highest BCUT2D eigenvalue weighted by atomic mass is 19.1. The molecule has 0 unspecified atom stereocenters. The molecule has 4 nitrogen and oxygen atoms in total. The van der Waals surface area contributed by atoms with E-state index >= 15 is 0 Å². The van der Waals surface area contributed by atoms with Gasteiger partial charge in [-0.15, -0.1) is 0 Å². The van der Waals surface area contributed by atoms with Crippen LogP contribution in [0.3, 0.4) is 0 Å². The minimum atomic E-state index is -0.268. The first-order valence-electron chi connectivity index (χ1n) is 8.44. The van der Waals surface area contributed by atoms with Crippen LogP contribution in [-0.4, -0.2) is 17.4 Å². The number of carbonyl (C=O) groups is 1. The Bertz CT molecular complexity index is 894. The molecule has 0 saturated carbocycles. The van der Waals surface area contributed by atoms with E-state index in [-0.39, 0.29) is 11.7 Å². The zero-order valence-electron chi connectivity index (χ0n) is 14.3. The van der Waals surface area contributed by atoms with Crippen LogP contribution in [0.5, 0.6) is 0 Å². The predicted molar refractivity (Wildman–Crippen MR) is 100 cm³/mol. The quantitative estimate of drug-likeness (QED) is 0.717. The number of halogens is 1. The van der Waals surface area contributed by atoms with Crippen LogP contribution in [0.1, 0.15) is 21.6 Å². The summed E-state index contributed by atoms with van der Waals surface area (Å²) in [6.45, 7) is 0.886. The molecule has 0 aliphatic heterocycles. The van der Waals surface area contributed by atoms with Crippen LogP contribution in [0.15, 0.2) is 66.9 Å². The number of hydrogen-bond acceptors (Lipinski definition) is 3. The van der Waals surface area contributed by atoms with Crippen molar-refractivity contribution in [1.29, 1.82) is 0 Å². The van der Waals surface area contributed by atoms with E-state index in [2.05, 4.69) is 10.3 Å². The Morgan fingerprint density at radius 2 is 1.85 bits per heavy atom. The Labute approximate surface area is 151 Å². The highest BCUT2D eigenvalue weighted by Crippen LogP contribution is 2.23. The first-order chi connectivity index (χ1) is 12.7. The van der Waals surface area contributed by atoms with Crippen LogP contribution < -0.4 is 11.1 Å². The third kappa shape index (κ3) is 4.32. The average molecular weight is 349 g/mol. The molecule has 3 N–H and O–H groups in total. The highest BCUT2D eigenvalue weighted by Gasteiger charge is 2.14. The van der Waals surface area contributed by atoms with E-state index in [4.69, 9.17) is 5.73 Å². The lowest BCUT2D eigenvalue weighted by Crippen LogP contribution is -2.27. The minimum absolute atomic E-state index is 0.235. The third-order valence-corrected chi connectivity index (χ3v) is 4.11. The molecule has 5 heteroatoms. The molecule has 1 heterocycles. The van der Waals surface area contributed by atoms with E-state index in [1.54, 1.807) is 24.4 Å². The number of carbonyl (C=O) groups excluding carboxylic acids is 1. The van der Waals surface area contributed by atoms with Crippen molar-refractivity contribution >= 4 is 5.91 Å². The van der Waals surface area contributed by atoms with Crippen molar-refractivity contribution in [2.75, 3.05) is 6.54 Å². The van der Waals surface area contributed by atoms with Gasteiger partial charge in [-0.1, -0.05) is 36.4 Å². The van der Waals surface area contributed by atoms with Crippen molar-refractivity contribution in [2.24, 2.45) is 5.73 Å². The molecule has 3 aromatic rings. The van der Waals surface area contributed by atoms with Gasteiger partial charge in [-0.05, 0) is 47.4 Å². The van der Waals surface area contributed by atoms with E-state index in [1.807, 2.05) is 30.3 Å². The molecule has 0 saturated heterocycles. The van der Waals surface area contributed by atoms with Gasteiger partial charge in [0.25, 0.3) is 5.91 Å². The van der Waals surface area contributed by atoms with E-state index in [9.17, 15) is 9.18 Å². The molecule has 0 spiro atoms. The predicted octanol–water partition coefficient (Wildman–Crippen LogP) is 3.32. The van der Waals surface area contributed by atoms with Crippen molar-refractivity contribution in [1.82, 2.24) is 10.3 Å². The number of nitrogens with one attached hydrogen (secondary N) is 1. The second kappa shape index (κ2) is 8.36. The average Bonchev–Trinajstić information content (AvgIpc) is 2.69. The van der Waals surface area contributed by atoms with E-state index in [0.29, 0.717) is 25.2 Å². The van der Waals surface area contributed by atoms with Gasteiger partial charge in [0, 0.05) is 24.8 Å². The summed E-state index contributed by atoms with van der Waals surface area (Å²) in [6, 6.07) is 17.7. The molecule has 1 amide bonds. The highest BCUT2D eigenvalue weighted by molar-refractivity contribution is 5.98. The van der Waals surface area contributed by atoms with Gasteiger partial charge < -0.3 is 11.1 Å². The summed E-state index contributed by atoms with van der Waals surface area (Å²) in [5.41, 5.74) is 9.71. The molecule has 0 aliphatic carbocycles. The molecule has 2 aromatic carbocycles. The van der Waals surface area contributed by atoms with Gasteiger partial charge in [0.05, 0.1) is 0 Å². The number of pyridine rings is 1. The zero-order chi connectivity index (χ0) is 18.4. The van der Waals surface area contributed by atoms with Crippen LogP contribution >= 0.6 is 0 Å². The number of amides is 1. The van der Waals surface area contributed by atoms with E-state index < -0.39 is 0 Å². The lowest BCUT2D eigenvalue weighted by Gasteiger charge is -2.10. The Hall–Kier alpha value is -3.05. The topological polar surface area (TPSA) is 68.0 Å². The molecule has 0 bridgehead atoms. The van der Waals surface area contributed by atoms with E-state index in [0.717, 1.165) is 22.3 Å². The molecule has 0 fully saturated rings. The maximum absolute atomic E-state index is 12.9. The first-order valence-corrected chi connectivity index (χ1v) is 8.44. The van der Waals surface area contributed by atoms with Gasteiger partial charge in [-0.25, -0.2) is 4.39 Å². The third-order valence-electron chi connectivity index (χ3n) is 4.11. The summed E-state index contributed by atoms with van der Waals surface area (Å²) in [6.07, 6.45) is 2.22. The van der Waals surface area contributed by atoms with Gasteiger partial charge in [-0.3, -0.25) is 9.78 Å². The second-order valence-corrected chi connectivity index (χ2v) is 5.94. The molecule has 0 radical (unpaired) electrons. The number of nitrogens with two attached hydrogens (primary N) is 1. The summed E-state index contributed by atoms with van der Waals surface area (Å²) < 4.78 is 12.9. The Morgan fingerprint density at radius 3 is 2.62 bits per heavy atom. The molecule has 26 heavy (non-hydrogen) atoms. The maximum Gasteiger partial charge on any atom is 0.270 e. The van der Waals surface area contributed by atoms with Crippen molar-refractivity contribution in [2.45, 2.75) is 13.0 Å². The monoisotopic (exact) mass is 349 g/mol. The van der Waals surface area contributed by atoms with Gasteiger partial charge >= 0.3 is 0 Å². The Morgan fingerprint density at radius 1 is 1.04 bits per heavy atom. The van der Waals surface area contributed by atoms with Gasteiger partial charge in [0.15, 0.2) is 0 Å². The number of aromatic nitrogens is 1. The standard InChI is InChI=1S/C21H20FN3O/c22-18-8-6-15(7-9-18)10-12-25-21(26)20-19(5-2-11-24-20)17-4-1-3-16(13-17)14-23/h1-9,11,13H,10,12,14,23H2,(H,25,26). The fourth-order valence-corrected chi connectivity index (χ4v) is 2.74. The zero-order valence-corrected chi connectivity index (χ0v) is 14.3. The van der Waals surface area contributed by atoms with Crippen LogP contribution in [-0.2, 0) is 13.0 Å². The lowest BCUT2D eigenvalue weighted by molar-refractivity contribution is 0.0950. The van der Waals surface area contributed by atoms with Crippen LogP contribution in [0.25, 0.3) is 11.1 Å². The van der Waals surface area contributed by atoms with Gasteiger partial charge in [-0.2, -0.15) is 0 Å². The fourth-order valence-electron chi connectivity index (χ4n) is 2.74. The number of nitrogens with zero attached hydrogens (tertiary/aromatic N) is 1. The summed E-state index contributed by atoms with van der Waals surface area (Å²) in [5.74, 6) is -0.503. The van der Waals surface area contributed by atoms with Crippen molar-refractivity contribution in [3.63, 3.8) is 0 Å². The second-order valence-electron chi connectivity index (χ2n) is 5.94. The first kappa shape index (κ1) is 17.8. The van der Waals surface area contributed by atoms with Crippen molar-refractivity contribution in [3.05, 3.63) is 89.5 Å².